The van der Waals surface area contributed by atoms with E-state index >= 15 is 0 Å². The van der Waals surface area contributed by atoms with Gasteiger partial charge in [0, 0.05) is 18.3 Å². The van der Waals surface area contributed by atoms with Crippen LogP contribution in [0.25, 0.3) is 0 Å². The van der Waals surface area contributed by atoms with Crippen molar-refractivity contribution in [3.8, 4) is 0 Å². The third-order valence-electron chi connectivity index (χ3n) is 3.76. The van der Waals surface area contributed by atoms with Gasteiger partial charge in [0.1, 0.15) is 5.84 Å². The van der Waals surface area contributed by atoms with E-state index in [0.717, 1.165) is 6.42 Å². The zero-order valence-corrected chi connectivity index (χ0v) is 14.7. The largest absolute Gasteiger partial charge is 0.452 e. The summed E-state index contributed by atoms with van der Waals surface area (Å²) in [6, 6.07) is 0. The molecule has 2 aliphatic heterocycles. The number of rotatable bonds is 5. The van der Waals surface area contributed by atoms with Crippen molar-refractivity contribution in [2.45, 2.75) is 32.7 Å². The molecule has 0 saturated heterocycles. The monoisotopic (exact) mass is 355 g/mol. The maximum Gasteiger partial charge on any atom is 0.340 e. The number of nitrogens with zero attached hydrogens (tertiary/aromatic N) is 2. The molecule has 0 atom stereocenters. The molecule has 0 aliphatic carbocycles. The van der Waals surface area contributed by atoms with Crippen molar-refractivity contribution in [1.29, 1.82) is 0 Å². The van der Waals surface area contributed by atoms with Crippen molar-refractivity contribution >= 4 is 27.7 Å². The first kappa shape index (κ1) is 18.2. The number of esters is 1. The molecule has 0 unspecified atom stereocenters. The summed E-state index contributed by atoms with van der Waals surface area (Å²) >= 11 is 0. The Morgan fingerprint density at radius 2 is 2.08 bits per heavy atom. The van der Waals surface area contributed by atoms with Gasteiger partial charge in [-0.15, -0.1) is 4.40 Å². The fourth-order valence-corrected chi connectivity index (χ4v) is 3.01. The van der Waals surface area contributed by atoms with Crippen LogP contribution in [0.1, 0.15) is 27.2 Å². The molecule has 2 aliphatic rings. The second kappa shape index (κ2) is 6.76. The van der Waals surface area contributed by atoms with Crippen LogP contribution < -0.4 is 5.32 Å². The topological polar surface area (TPSA) is 105 Å². The normalized spacial score (nSPS) is 19.0. The molecule has 0 spiro atoms. The summed E-state index contributed by atoms with van der Waals surface area (Å²) < 4.78 is 31.5. The van der Waals surface area contributed by atoms with Crippen molar-refractivity contribution in [1.82, 2.24) is 10.2 Å². The molecule has 0 bridgehead atoms. The first-order valence-corrected chi connectivity index (χ1v) is 9.20. The summed E-state index contributed by atoms with van der Waals surface area (Å²) in [5.74, 6) is -0.872. The number of amidine groups is 1. The molecule has 0 radical (unpaired) electrons. The van der Waals surface area contributed by atoms with Crippen molar-refractivity contribution in [3.05, 3.63) is 23.9 Å². The van der Waals surface area contributed by atoms with Crippen LogP contribution >= 0.6 is 0 Å². The minimum Gasteiger partial charge on any atom is -0.452 e. The lowest BCUT2D eigenvalue weighted by molar-refractivity contribution is -0.145. The first-order chi connectivity index (χ1) is 11.1. The van der Waals surface area contributed by atoms with Gasteiger partial charge in [-0.25, -0.2) is 13.2 Å². The van der Waals surface area contributed by atoms with Crippen LogP contribution in [0.5, 0.6) is 0 Å². The molecule has 0 aromatic rings. The minimum atomic E-state index is -3.44. The van der Waals surface area contributed by atoms with Crippen LogP contribution in [0.4, 0.5) is 0 Å². The van der Waals surface area contributed by atoms with Gasteiger partial charge in [-0.3, -0.25) is 4.79 Å². The van der Waals surface area contributed by atoms with Gasteiger partial charge in [0.05, 0.1) is 11.3 Å². The zero-order valence-electron chi connectivity index (χ0n) is 13.9. The predicted molar refractivity (Wildman–Crippen MR) is 88.6 cm³/mol. The average Bonchev–Trinajstić information content (AvgIpc) is 2.51. The summed E-state index contributed by atoms with van der Waals surface area (Å²) in [5, 5.41) is 2.77. The van der Waals surface area contributed by atoms with Crippen LogP contribution in [-0.4, -0.2) is 55.5 Å². The van der Waals surface area contributed by atoms with Gasteiger partial charge in [0.15, 0.2) is 6.61 Å². The Morgan fingerprint density at radius 1 is 1.38 bits per heavy atom. The SMILES string of the molecule is CCC(C)(C)NC(=O)COC(=O)C1=CN2CCS(=O)(=O)N=C2C=C1. The fourth-order valence-electron chi connectivity index (χ4n) is 2.04. The highest BCUT2D eigenvalue weighted by molar-refractivity contribution is 7.90. The van der Waals surface area contributed by atoms with Gasteiger partial charge in [0.2, 0.25) is 0 Å². The molecule has 1 amide bonds. The predicted octanol–water partition coefficient (Wildman–Crippen LogP) is 0.332. The first-order valence-electron chi connectivity index (χ1n) is 7.59. The van der Waals surface area contributed by atoms with Gasteiger partial charge in [-0.2, -0.15) is 0 Å². The second-order valence-corrected chi connectivity index (χ2v) is 7.96. The maximum absolute atomic E-state index is 12.0. The summed E-state index contributed by atoms with van der Waals surface area (Å²) in [6.45, 7) is 5.55. The summed E-state index contributed by atoms with van der Waals surface area (Å²) in [4.78, 5) is 25.4. The standard InChI is InChI=1S/C15H21N3O5S/c1-4-15(2,3)16-13(19)10-23-14(20)11-5-6-12-17-24(21,22)8-7-18(12)9-11/h5-6,9H,4,7-8,10H2,1-3H3,(H,16,19). The molecule has 0 aromatic carbocycles. The van der Waals surface area contributed by atoms with Crippen LogP contribution in [0.15, 0.2) is 28.3 Å². The number of hydrogen-bond acceptors (Lipinski definition) is 6. The molecule has 0 saturated carbocycles. The van der Waals surface area contributed by atoms with E-state index in [1.54, 1.807) is 4.90 Å². The van der Waals surface area contributed by atoms with E-state index in [1.165, 1.54) is 18.4 Å². The lowest BCUT2D eigenvalue weighted by Crippen LogP contribution is -2.44. The number of nitrogens with one attached hydrogen (secondary N) is 1. The van der Waals surface area contributed by atoms with Gasteiger partial charge in [-0.1, -0.05) is 6.92 Å². The van der Waals surface area contributed by atoms with Crippen molar-refractivity contribution in [3.63, 3.8) is 0 Å². The van der Waals surface area contributed by atoms with Gasteiger partial charge >= 0.3 is 5.97 Å². The Kier molecular flexibility index (Phi) is 5.12. The average molecular weight is 355 g/mol. The number of sulfonamides is 1. The lowest BCUT2D eigenvalue weighted by Gasteiger charge is -2.27. The Bertz CT molecular complexity index is 734. The van der Waals surface area contributed by atoms with Crippen LogP contribution in [-0.2, 0) is 24.3 Å². The van der Waals surface area contributed by atoms with E-state index in [9.17, 15) is 18.0 Å². The van der Waals surface area contributed by atoms with E-state index < -0.39 is 16.0 Å². The minimum absolute atomic E-state index is 0.113. The maximum atomic E-state index is 12.0. The van der Waals surface area contributed by atoms with Crippen LogP contribution in [0.2, 0.25) is 0 Å². The second-order valence-electron chi connectivity index (χ2n) is 6.21. The molecule has 2 rings (SSSR count). The number of carbonyl (C=O) groups excluding carboxylic acids is 2. The Balaban J connectivity index is 1.94. The number of amides is 1. The van der Waals surface area contributed by atoms with E-state index in [1.807, 2.05) is 20.8 Å². The summed E-state index contributed by atoms with van der Waals surface area (Å²) in [5.41, 5.74) is -0.131. The zero-order chi connectivity index (χ0) is 18.0. The highest BCUT2D eigenvalue weighted by Crippen LogP contribution is 2.16. The molecule has 0 fully saturated rings. The molecular formula is C15H21N3O5S. The highest BCUT2D eigenvalue weighted by Gasteiger charge is 2.26. The van der Waals surface area contributed by atoms with Crippen molar-refractivity contribution < 1.29 is 22.7 Å². The quantitative estimate of drug-likeness (QED) is 0.713. The highest BCUT2D eigenvalue weighted by atomic mass is 32.2. The van der Waals surface area contributed by atoms with E-state index in [4.69, 9.17) is 4.74 Å². The van der Waals surface area contributed by atoms with Gasteiger partial charge in [-0.05, 0) is 32.4 Å². The lowest BCUT2D eigenvalue weighted by atomic mass is 10.0. The van der Waals surface area contributed by atoms with E-state index in [2.05, 4.69) is 9.71 Å². The summed E-state index contributed by atoms with van der Waals surface area (Å²) in [6.07, 6.45) is 5.09. The number of carbonyl (C=O) groups is 2. The van der Waals surface area contributed by atoms with E-state index in [-0.39, 0.29) is 41.8 Å². The van der Waals surface area contributed by atoms with Gasteiger partial charge in [0.25, 0.3) is 15.9 Å². The Morgan fingerprint density at radius 3 is 2.75 bits per heavy atom. The molecule has 24 heavy (non-hydrogen) atoms. The molecular weight excluding hydrogens is 334 g/mol. The molecule has 0 aromatic heterocycles. The molecule has 2 heterocycles. The molecule has 1 N–H and O–H groups in total. The fraction of sp³-hybridized carbons (Fsp3) is 0.533. The number of ether oxygens (including phenoxy) is 1. The van der Waals surface area contributed by atoms with Gasteiger partial charge < -0.3 is 15.0 Å². The van der Waals surface area contributed by atoms with Crippen LogP contribution in [0.3, 0.4) is 0 Å². The number of hydrogen-bond donors (Lipinski definition) is 1. The number of fused-ring (bicyclic) bond motifs is 1. The smallest absolute Gasteiger partial charge is 0.340 e. The molecule has 8 nitrogen and oxygen atoms in total. The van der Waals surface area contributed by atoms with Crippen LogP contribution in [0, 0.1) is 0 Å². The third-order valence-corrected chi connectivity index (χ3v) is 4.92. The van der Waals surface area contributed by atoms with E-state index in [0.29, 0.717) is 0 Å². The molecule has 132 valence electrons. The van der Waals surface area contributed by atoms with Crippen molar-refractivity contribution in [2.75, 3.05) is 18.9 Å². The summed E-state index contributed by atoms with van der Waals surface area (Å²) in [7, 11) is -3.44. The Hall–Kier alpha value is -2.16. The molecule has 9 heteroatoms. The third kappa shape index (κ3) is 4.67. The van der Waals surface area contributed by atoms with Crippen molar-refractivity contribution in [2.24, 2.45) is 4.40 Å². The Labute approximate surface area is 141 Å².